The third-order valence-corrected chi connectivity index (χ3v) is 4.60. The smallest absolute Gasteiger partial charge is 0.191 e. The van der Waals surface area contributed by atoms with Crippen molar-refractivity contribution in [1.82, 2.24) is 15.8 Å². The van der Waals surface area contributed by atoms with Gasteiger partial charge in [0.25, 0.3) is 0 Å². The maximum absolute atomic E-state index is 13.5. The summed E-state index contributed by atoms with van der Waals surface area (Å²) in [5.41, 5.74) is 2.89. The van der Waals surface area contributed by atoms with Crippen LogP contribution >= 0.6 is 0 Å². The van der Waals surface area contributed by atoms with Gasteiger partial charge in [0.2, 0.25) is 0 Å². The standard InChI is InChI=1S/C20H29FN4O/c1-14-18(15(2)26-25-14)10-7-11-23-19(22-5)24-13-20(3,4)16-8-6-9-17(21)12-16/h6,8-9,12H,7,10-11,13H2,1-5H3,(H2,22,23,24). The van der Waals surface area contributed by atoms with Gasteiger partial charge in [-0.25, -0.2) is 4.39 Å². The number of nitrogens with one attached hydrogen (secondary N) is 2. The second-order valence-corrected chi connectivity index (χ2v) is 7.15. The van der Waals surface area contributed by atoms with Crippen LogP contribution in [0.2, 0.25) is 0 Å². The van der Waals surface area contributed by atoms with Crippen molar-refractivity contribution >= 4 is 5.96 Å². The monoisotopic (exact) mass is 360 g/mol. The number of benzene rings is 1. The van der Waals surface area contributed by atoms with Gasteiger partial charge in [0, 0.05) is 31.1 Å². The molecule has 1 heterocycles. The largest absolute Gasteiger partial charge is 0.361 e. The van der Waals surface area contributed by atoms with Gasteiger partial charge in [0.15, 0.2) is 5.96 Å². The third kappa shape index (κ3) is 5.31. The number of aryl methyl sites for hydroxylation is 2. The fourth-order valence-corrected chi connectivity index (χ4v) is 2.87. The van der Waals surface area contributed by atoms with Crippen molar-refractivity contribution < 1.29 is 8.91 Å². The van der Waals surface area contributed by atoms with Crippen LogP contribution in [0.25, 0.3) is 0 Å². The van der Waals surface area contributed by atoms with Gasteiger partial charge in [0.05, 0.1) is 5.69 Å². The predicted molar refractivity (Wildman–Crippen MR) is 103 cm³/mol. The van der Waals surface area contributed by atoms with Crippen LogP contribution in [0.4, 0.5) is 4.39 Å². The topological polar surface area (TPSA) is 62.5 Å². The number of halogens is 1. The van der Waals surface area contributed by atoms with Crippen LogP contribution in [0.15, 0.2) is 33.8 Å². The summed E-state index contributed by atoms with van der Waals surface area (Å²) in [5, 5.41) is 10.6. The molecule has 0 aliphatic heterocycles. The van der Waals surface area contributed by atoms with Gasteiger partial charge in [-0.3, -0.25) is 4.99 Å². The van der Waals surface area contributed by atoms with Crippen molar-refractivity contribution in [3.8, 4) is 0 Å². The lowest BCUT2D eigenvalue weighted by Crippen LogP contribution is -2.43. The molecule has 0 fully saturated rings. The first-order valence-corrected chi connectivity index (χ1v) is 8.96. The van der Waals surface area contributed by atoms with Gasteiger partial charge < -0.3 is 15.2 Å². The van der Waals surface area contributed by atoms with E-state index in [0.29, 0.717) is 6.54 Å². The fourth-order valence-electron chi connectivity index (χ4n) is 2.87. The summed E-state index contributed by atoms with van der Waals surface area (Å²) in [6.45, 7) is 9.52. The van der Waals surface area contributed by atoms with Crippen LogP contribution < -0.4 is 10.6 Å². The van der Waals surface area contributed by atoms with E-state index in [4.69, 9.17) is 4.52 Å². The number of rotatable bonds is 7. The van der Waals surface area contributed by atoms with Crippen LogP contribution in [0.5, 0.6) is 0 Å². The SMILES string of the molecule is CN=C(NCCCc1c(C)noc1C)NCC(C)(C)c1cccc(F)c1. The number of aliphatic imine (C=N–C) groups is 1. The van der Waals surface area contributed by atoms with Crippen molar-refractivity contribution in [3.63, 3.8) is 0 Å². The average Bonchev–Trinajstić information content (AvgIpc) is 2.92. The van der Waals surface area contributed by atoms with Gasteiger partial charge >= 0.3 is 0 Å². The molecule has 0 aliphatic rings. The van der Waals surface area contributed by atoms with Crippen molar-refractivity contribution in [2.45, 2.75) is 46.0 Å². The highest BCUT2D eigenvalue weighted by Crippen LogP contribution is 2.22. The zero-order valence-corrected chi connectivity index (χ0v) is 16.3. The van der Waals surface area contributed by atoms with E-state index in [-0.39, 0.29) is 11.2 Å². The van der Waals surface area contributed by atoms with E-state index in [1.807, 2.05) is 19.9 Å². The Balaban J connectivity index is 1.80. The first-order valence-electron chi connectivity index (χ1n) is 8.96. The highest BCUT2D eigenvalue weighted by molar-refractivity contribution is 5.79. The Bertz CT molecular complexity index is 733. The molecule has 5 nitrogen and oxygen atoms in total. The number of hydrogen-bond donors (Lipinski definition) is 2. The van der Waals surface area contributed by atoms with E-state index < -0.39 is 0 Å². The van der Waals surface area contributed by atoms with E-state index in [0.717, 1.165) is 42.4 Å². The first kappa shape index (κ1) is 19.9. The molecule has 0 amide bonds. The Morgan fingerprint density at radius 1 is 1.27 bits per heavy atom. The van der Waals surface area contributed by atoms with E-state index in [1.165, 1.54) is 11.6 Å². The van der Waals surface area contributed by atoms with Crippen LogP contribution in [-0.4, -0.2) is 31.3 Å². The highest BCUT2D eigenvalue weighted by Gasteiger charge is 2.21. The van der Waals surface area contributed by atoms with Crippen LogP contribution in [0.1, 0.15) is 42.8 Å². The molecule has 0 saturated heterocycles. The molecule has 6 heteroatoms. The van der Waals surface area contributed by atoms with E-state index >= 15 is 0 Å². The molecule has 0 bridgehead atoms. The molecule has 0 aliphatic carbocycles. The minimum absolute atomic E-state index is 0.211. The lowest BCUT2D eigenvalue weighted by atomic mass is 9.84. The molecular weight excluding hydrogens is 331 g/mol. The number of hydrogen-bond acceptors (Lipinski definition) is 3. The Kier molecular flexibility index (Phi) is 6.77. The average molecular weight is 360 g/mol. The molecule has 2 N–H and O–H groups in total. The summed E-state index contributed by atoms with van der Waals surface area (Å²) in [7, 11) is 1.75. The van der Waals surface area contributed by atoms with E-state index in [9.17, 15) is 4.39 Å². The minimum Gasteiger partial charge on any atom is -0.361 e. The molecule has 0 spiro atoms. The zero-order valence-electron chi connectivity index (χ0n) is 16.3. The van der Waals surface area contributed by atoms with Gasteiger partial charge in [0.1, 0.15) is 11.6 Å². The number of guanidine groups is 1. The molecule has 1 aromatic carbocycles. The second-order valence-electron chi connectivity index (χ2n) is 7.15. The molecule has 0 saturated carbocycles. The van der Waals surface area contributed by atoms with E-state index in [2.05, 4.69) is 34.6 Å². The number of aromatic nitrogens is 1. The summed E-state index contributed by atoms with van der Waals surface area (Å²) in [6.07, 6.45) is 1.87. The number of nitrogens with zero attached hydrogens (tertiary/aromatic N) is 2. The quantitative estimate of drug-likeness (QED) is 0.451. The molecule has 142 valence electrons. The molecule has 26 heavy (non-hydrogen) atoms. The molecular formula is C20H29FN4O. The van der Waals surface area contributed by atoms with Crippen LogP contribution in [0.3, 0.4) is 0 Å². The molecule has 1 aromatic heterocycles. The van der Waals surface area contributed by atoms with E-state index in [1.54, 1.807) is 19.2 Å². The maximum atomic E-state index is 13.5. The molecule has 2 aromatic rings. The zero-order chi connectivity index (χ0) is 19.2. The summed E-state index contributed by atoms with van der Waals surface area (Å²) < 4.78 is 18.7. The Morgan fingerprint density at radius 3 is 2.65 bits per heavy atom. The van der Waals surface area contributed by atoms with Crippen molar-refractivity contribution in [2.24, 2.45) is 4.99 Å². The first-order chi connectivity index (χ1) is 12.3. The Hall–Kier alpha value is -2.37. The molecule has 2 rings (SSSR count). The minimum atomic E-state index is -0.212. The predicted octanol–water partition coefficient (Wildman–Crippen LogP) is 3.51. The third-order valence-electron chi connectivity index (χ3n) is 4.60. The second kappa shape index (κ2) is 8.83. The van der Waals surface area contributed by atoms with Crippen LogP contribution in [-0.2, 0) is 11.8 Å². The normalized spacial score (nSPS) is 12.3. The van der Waals surface area contributed by atoms with Gasteiger partial charge in [-0.05, 0) is 44.4 Å². The summed E-state index contributed by atoms with van der Waals surface area (Å²) in [6, 6.07) is 6.74. The Morgan fingerprint density at radius 2 is 2.04 bits per heavy atom. The summed E-state index contributed by atoms with van der Waals surface area (Å²) >= 11 is 0. The van der Waals surface area contributed by atoms with Crippen molar-refractivity contribution in [3.05, 3.63) is 52.7 Å². The van der Waals surface area contributed by atoms with Crippen molar-refractivity contribution in [2.75, 3.05) is 20.1 Å². The molecule has 0 unspecified atom stereocenters. The van der Waals surface area contributed by atoms with Crippen molar-refractivity contribution in [1.29, 1.82) is 0 Å². The summed E-state index contributed by atoms with van der Waals surface area (Å²) in [5.74, 6) is 1.42. The van der Waals surface area contributed by atoms with Gasteiger partial charge in [-0.1, -0.05) is 31.1 Å². The fraction of sp³-hybridized carbons (Fsp3) is 0.500. The molecule has 0 atom stereocenters. The lowest BCUT2D eigenvalue weighted by molar-refractivity contribution is 0.392. The van der Waals surface area contributed by atoms with Gasteiger partial charge in [-0.2, -0.15) is 0 Å². The summed E-state index contributed by atoms with van der Waals surface area (Å²) in [4.78, 5) is 4.26. The van der Waals surface area contributed by atoms with Crippen LogP contribution in [0, 0.1) is 19.7 Å². The molecule has 0 radical (unpaired) electrons. The Labute approximate surface area is 155 Å². The lowest BCUT2D eigenvalue weighted by Gasteiger charge is -2.26. The highest BCUT2D eigenvalue weighted by atomic mass is 19.1. The van der Waals surface area contributed by atoms with Gasteiger partial charge in [-0.15, -0.1) is 0 Å². The maximum Gasteiger partial charge on any atom is 0.191 e.